The molecule has 0 spiro atoms. The molecule has 0 atom stereocenters. The largest absolute Gasteiger partial charge is 0.0620 e. The van der Waals surface area contributed by atoms with E-state index in [-0.39, 0.29) is 0 Å². The minimum Gasteiger partial charge on any atom is -0.0620 e. The summed E-state index contributed by atoms with van der Waals surface area (Å²) >= 11 is 0. The fourth-order valence-corrected chi connectivity index (χ4v) is 2.61. The summed E-state index contributed by atoms with van der Waals surface area (Å²) < 4.78 is 0. The summed E-state index contributed by atoms with van der Waals surface area (Å²) in [4.78, 5) is 0. The number of fused-ring (bicyclic) bond motifs is 2. The van der Waals surface area contributed by atoms with Crippen LogP contribution in [0.25, 0.3) is 0 Å². The van der Waals surface area contributed by atoms with Gasteiger partial charge in [0.25, 0.3) is 0 Å². The highest BCUT2D eigenvalue weighted by atomic mass is 14.2. The molecule has 2 aromatic carbocycles. The Bertz CT molecular complexity index is 451. The van der Waals surface area contributed by atoms with Crippen molar-refractivity contribution < 1.29 is 0 Å². The minimum atomic E-state index is 0.547. The molecule has 1 aliphatic rings. The molecule has 0 aliphatic heterocycles. The molecular weight excluding hydrogens is 180 g/mol. The Kier molecular flexibility index (Phi) is 1.88. The van der Waals surface area contributed by atoms with Gasteiger partial charge in [-0.1, -0.05) is 55.5 Å². The van der Waals surface area contributed by atoms with E-state index >= 15 is 0 Å². The van der Waals surface area contributed by atoms with Gasteiger partial charge in [0.2, 0.25) is 0 Å². The van der Waals surface area contributed by atoms with Crippen molar-refractivity contribution in [3.05, 3.63) is 70.8 Å². The Hall–Kier alpha value is -1.56. The van der Waals surface area contributed by atoms with Crippen molar-refractivity contribution >= 4 is 0 Å². The van der Waals surface area contributed by atoms with Crippen LogP contribution >= 0.6 is 0 Å². The maximum Gasteiger partial charge on any atom is 0.00666 e. The van der Waals surface area contributed by atoms with Crippen LogP contribution in [0.3, 0.4) is 0 Å². The van der Waals surface area contributed by atoms with E-state index in [1.807, 2.05) is 0 Å². The van der Waals surface area contributed by atoms with Gasteiger partial charge in [-0.15, -0.1) is 0 Å². The Balaban J connectivity index is 2.20. The second-order valence-corrected chi connectivity index (χ2v) is 4.30. The number of rotatable bonds is 0. The van der Waals surface area contributed by atoms with Crippen LogP contribution in [-0.4, -0.2) is 0 Å². The molecule has 2 aromatic rings. The predicted molar refractivity (Wildman–Crippen MR) is 63.2 cm³/mol. The zero-order valence-electron chi connectivity index (χ0n) is 8.90. The predicted octanol–water partition coefficient (Wildman–Crippen LogP) is 3.74. The number of benzene rings is 2. The summed E-state index contributed by atoms with van der Waals surface area (Å²) in [6.45, 7) is 2.30. The third-order valence-electron chi connectivity index (χ3n) is 3.42. The van der Waals surface area contributed by atoms with E-state index in [1.165, 1.54) is 22.3 Å². The first-order valence-electron chi connectivity index (χ1n) is 5.52. The third-order valence-corrected chi connectivity index (χ3v) is 3.42. The zero-order chi connectivity index (χ0) is 10.3. The van der Waals surface area contributed by atoms with Gasteiger partial charge in [0.05, 0.1) is 0 Å². The van der Waals surface area contributed by atoms with Crippen molar-refractivity contribution in [2.24, 2.45) is 0 Å². The van der Waals surface area contributed by atoms with Crippen LogP contribution in [0.5, 0.6) is 0 Å². The monoisotopic (exact) mass is 194 g/mol. The first-order chi connectivity index (χ1) is 7.36. The first kappa shape index (κ1) is 8.72. The SMILES string of the molecule is CC1c2ccccc2Cc2ccccc21. The fraction of sp³-hybridized carbons (Fsp3) is 0.200. The van der Waals surface area contributed by atoms with Crippen LogP contribution in [0, 0.1) is 0 Å². The summed E-state index contributed by atoms with van der Waals surface area (Å²) in [6, 6.07) is 17.6. The van der Waals surface area contributed by atoms with Crippen LogP contribution in [0.4, 0.5) is 0 Å². The number of hydrogen-bond acceptors (Lipinski definition) is 0. The molecular formula is C15H14. The highest BCUT2D eigenvalue weighted by Crippen LogP contribution is 2.35. The molecule has 0 aromatic heterocycles. The zero-order valence-corrected chi connectivity index (χ0v) is 8.90. The normalized spacial score (nSPS) is 14.5. The molecule has 0 heterocycles. The minimum absolute atomic E-state index is 0.547. The van der Waals surface area contributed by atoms with Gasteiger partial charge in [-0.2, -0.15) is 0 Å². The average Bonchev–Trinajstić information content (AvgIpc) is 2.30. The smallest absolute Gasteiger partial charge is 0.00666 e. The van der Waals surface area contributed by atoms with Crippen molar-refractivity contribution in [3.63, 3.8) is 0 Å². The molecule has 0 heteroatoms. The maximum absolute atomic E-state index is 2.30. The van der Waals surface area contributed by atoms with E-state index in [0.717, 1.165) is 6.42 Å². The quantitative estimate of drug-likeness (QED) is 0.599. The molecule has 0 radical (unpaired) electrons. The molecule has 15 heavy (non-hydrogen) atoms. The summed E-state index contributed by atoms with van der Waals surface area (Å²) in [5.74, 6) is 0.547. The van der Waals surface area contributed by atoms with Crippen molar-refractivity contribution in [2.45, 2.75) is 19.3 Å². The second kappa shape index (κ2) is 3.23. The molecule has 0 nitrogen and oxygen atoms in total. The lowest BCUT2D eigenvalue weighted by Crippen LogP contribution is -2.10. The van der Waals surface area contributed by atoms with Crippen molar-refractivity contribution in [2.75, 3.05) is 0 Å². The van der Waals surface area contributed by atoms with Gasteiger partial charge in [-0.3, -0.25) is 0 Å². The molecule has 1 aliphatic carbocycles. The van der Waals surface area contributed by atoms with E-state index < -0.39 is 0 Å². The van der Waals surface area contributed by atoms with Gasteiger partial charge in [-0.25, -0.2) is 0 Å². The van der Waals surface area contributed by atoms with Gasteiger partial charge < -0.3 is 0 Å². The van der Waals surface area contributed by atoms with Crippen molar-refractivity contribution in [1.29, 1.82) is 0 Å². The van der Waals surface area contributed by atoms with Crippen LogP contribution in [0.15, 0.2) is 48.5 Å². The molecule has 0 saturated carbocycles. The lowest BCUT2D eigenvalue weighted by molar-refractivity contribution is 0.845. The van der Waals surface area contributed by atoms with Gasteiger partial charge in [0.1, 0.15) is 0 Å². The van der Waals surface area contributed by atoms with Crippen LogP contribution in [0.2, 0.25) is 0 Å². The molecule has 0 fully saturated rings. The molecule has 0 unspecified atom stereocenters. The summed E-state index contributed by atoms with van der Waals surface area (Å²) in [7, 11) is 0. The maximum atomic E-state index is 2.30. The first-order valence-corrected chi connectivity index (χ1v) is 5.52. The summed E-state index contributed by atoms with van der Waals surface area (Å²) in [5.41, 5.74) is 5.97. The Morgan fingerprint density at radius 1 is 0.800 bits per heavy atom. The van der Waals surface area contributed by atoms with E-state index in [0.29, 0.717) is 5.92 Å². The molecule has 0 N–H and O–H groups in total. The van der Waals surface area contributed by atoms with Gasteiger partial charge in [0.15, 0.2) is 0 Å². The molecule has 0 bridgehead atoms. The third kappa shape index (κ3) is 1.29. The van der Waals surface area contributed by atoms with Crippen molar-refractivity contribution in [3.8, 4) is 0 Å². The Morgan fingerprint density at radius 2 is 1.27 bits per heavy atom. The van der Waals surface area contributed by atoms with E-state index in [4.69, 9.17) is 0 Å². The highest BCUT2D eigenvalue weighted by Gasteiger charge is 2.20. The van der Waals surface area contributed by atoms with Gasteiger partial charge in [0, 0.05) is 5.92 Å². The lowest BCUT2D eigenvalue weighted by Gasteiger charge is -2.25. The fourth-order valence-electron chi connectivity index (χ4n) is 2.61. The molecule has 74 valence electrons. The summed E-state index contributed by atoms with van der Waals surface area (Å²) in [5, 5.41) is 0. The second-order valence-electron chi connectivity index (χ2n) is 4.30. The van der Waals surface area contributed by atoms with Crippen LogP contribution < -0.4 is 0 Å². The summed E-state index contributed by atoms with van der Waals surface area (Å²) in [6.07, 6.45) is 1.09. The molecule has 3 rings (SSSR count). The van der Waals surface area contributed by atoms with Crippen LogP contribution in [-0.2, 0) is 6.42 Å². The highest BCUT2D eigenvalue weighted by molar-refractivity contribution is 5.48. The van der Waals surface area contributed by atoms with Gasteiger partial charge >= 0.3 is 0 Å². The van der Waals surface area contributed by atoms with E-state index in [1.54, 1.807) is 0 Å². The number of hydrogen-bond donors (Lipinski definition) is 0. The topological polar surface area (TPSA) is 0 Å². The van der Waals surface area contributed by atoms with Gasteiger partial charge in [-0.05, 0) is 28.7 Å². The molecule has 0 amide bonds. The lowest BCUT2D eigenvalue weighted by atomic mass is 9.79. The van der Waals surface area contributed by atoms with Crippen LogP contribution in [0.1, 0.15) is 35.1 Å². The van der Waals surface area contributed by atoms with E-state index in [9.17, 15) is 0 Å². The Morgan fingerprint density at radius 3 is 1.80 bits per heavy atom. The molecule has 0 saturated heterocycles. The van der Waals surface area contributed by atoms with E-state index in [2.05, 4.69) is 55.5 Å². The average molecular weight is 194 g/mol. The Labute approximate surface area is 90.6 Å². The van der Waals surface area contributed by atoms with Crippen molar-refractivity contribution in [1.82, 2.24) is 0 Å². The standard InChI is InChI=1S/C15H14/c1-11-14-8-4-2-6-12(14)10-13-7-3-5-9-15(11)13/h2-9,11H,10H2,1H3.